The summed E-state index contributed by atoms with van der Waals surface area (Å²) >= 11 is 5.51. The molecular weight excluding hydrogens is 258 g/mol. The number of unbranched alkanes of at least 4 members (excludes halogenated alkanes) is 2. The van der Waals surface area contributed by atoms with E-state index in [-0.39, 0.29) is 0 Å². The minimum atomic E-state index is 1.14. The summed E-state index contributed by atoms with van der Waals surface area (Å²) < 4.78 is 1.30. The number of hydrogen-bond donors (Lipinski definition) is 1. The monoisotopic (exact) mass is 275 g/mol. The van der Waals surface area contributed by atoms with Crippen molar-refractivity contribution in [1.29, 1.82) is 0 Å². The Hall–Kier alpha value is 0.140. The number of hydrogen-bond acceptors (Lipinski definition) is 2. The van der Waals surface area contributed by atoms with E-state index in [2.05, 4.69) is 34.2 Å². The molecule has 0 fully saturated rings. The first-order chi connectivity index (χ1) is 6.74. The number of nitrogens with one attached hydrogen (secondary N) is 1. The van der Waals surface area contributed by atoms with Gasteiger partial charge in [-0.05, 0) is 61.8 Å². The molecule has 0 aliphatic rings. The first-order valence-corrected chi connectivity index (χ1v) is 6.74. The molecule has 0 aliphatic heterocycles. The van der Waals surface area contributed by atoms with Gasteiger partial charge in [-0.3, -0.25) is 0 Å². The van der Waals surface area contributed by atoms with Gasteiger partial charge in [-0.2, -0.15) is 0 Å². The zero-order valence-electron chi connectivity index (χ0n) is 8.90. The molecule has 1 rings (SSSR count). The highest BCUT2D eigenvalue weighted by atomic mass is 79.9. The first kappa shape index (κ1) is 12.2. The standard InChI is InChI=1S/C11H18BrNS/c1-9-8-10(12)11(14-9)6-4-3-5-7-13-2/h8,13H,3-7H2,1-2H3. The molecular formula is C11H18BrNS. The van der Waals surface area contributed by atoms with E-state index in [1.54, 1.807) is 0 Å². The van der Waals surface area contributed by atoms with Crippen molar-refractivity contribution in [2.45, 2.75) is 32.6 Å². The van der Waals surface area contributed by atoms with Crippen LogP contribution in [0.2, 0.25) is 0 Å². The van der Waals surface area contributed by atoms with Crippen molar-refractivity contribution in [1.82, 2.24) is 5.32 Å². The Morgan fingerprint density at radius 2 is 2.14 bits per heavy atom. The van der Waals surface area contributed by atoms with Gasteiger partial charge in [-0.25, -0.2) is 0 Å². The SMILES string of the molecule is CNCCCCCc1sc(C)cc1Br. The molecule has 0 atom stereocenters. The third-order valence-corrected chi connectivity index (χ3v) is 4.29. The van der Waals surface area contributed by atoms with Gasteiger partial charge < -0.3 is 5.32 Å². The van der Waals surface area contributed by atoms with Crippen LogP contribution >= 0.6 is 27.3 Å². The van der Waals surface area contributed by atoms with E-state index >= 15 is 0 Å². The molecule has 0 aliphatic carbocycles. The van der Waals surface area contributed by atoms with Crippen LogP contribution < -0.4 is 5.32 Å². The zero-order valence-corrected chi connectivity index (χ0v) is 11.3. The van der Waals surface area contributed by atoms with E-state index in [1.165, 1.54) is 39.9 Å². The molecule has 1 aromatic rings. The summed E-state index contributed by atoms with van der Waals surface area (Å²) in [7, 11) is 2.01. The fraction of sp³-hybridized carbons (Fsp3) is 0.636. The molecule has 0 amide bonds. The summed E-state index contributed by atoms with van der Waals surface area (Å²) in [5, 5.41) is 3.18. The van der Waals surface area contributed by atoms with Crippen LogP contribution in [-0.4, -0.2) is 13.6 Å². The second-order valence-electron chi connectivity index (χ2n) is 3.54. The van der Waals surface area contributed by atoms with Gasteiger partial charge in [0.2, 0.25) is 0 Å². The lowest BCUT2D eigenvalue weighted by Crippen LogP contribution is -2.07. The van der Waals surface area contributed by atoms with E-state index in [0.717, 1.165) is 6.54 Å². The number of halogens is 1. The smallest absolute Gasteiger partial charge is 0.0317 e. The molecule has 0 saturated heterocycles. The summed E-state index contributed by atoms with van der Waals surface area (Å²) in [5.41, 5.74) is 0. The summed E-state index contributed by atoms with van der Waals surface area (Å²) in [4.78, 5) is 2.91. The summed E-state index contributed by atoms with van der Waals surface area (Å²) in [5.74, 6) is 0. The molecule has 14 heavy (non-hydrogen) atoms. The average Bonchev–Trinajstić information content (AvgIpc) is 2.45. The maximum atomic E-state index is 3.60. The molecule has 0 aromatic carbocycles. The lowest BCUT2D eigenvalue weighted by atomic mass is 10.2. The Bertz CT molecular complexity index is 270. The molecule has 1 nitrogen and oxygen atoms in total. The molecule has 3 heteroatoms. The van der Waals surface area contributed by atoms with Gasteiger partial charge >= 0.3 is 0 Å². The molecule has 0 saturated carbocycles. The number of rotatable bonds is 6. The summed E-state index contributed by atoms with van der Waals surface area (Å²) in [6, 6.07) is 2.22. The summed E-state index contributed by atoms with van der Waals surface area (Å²) in [6.07, 6.45) is 5.14. The fourth-order valence-electron chi connectivity index (χ4n) is 1.47. The van der Waals surface area contributed by atoms with Crippen LogP contribution in [0.1, 0.15) is 29.0 Å². The topological polar surface area (TPSA) is 12.0 Å². The highest BCUT2D eigenvalue weighted by Gasteiger charge is 2.03. The fourth-order valence-corrected chi connectivity index (χ4v) is 3.37. The molecule has 0 radical (unpaired) electrons. The predicted molar refractivity (Wildman–Crippen MR) is 68.2 cm³/mol. The van der Waals surface area contributed by atoms with E-state index in [4.69, 9.17) is 0 Å². The van der Waals surface area contributed by atoms with Crippen LogP contribution in [0.4, 0.5) is 0 Å². The molecule has 1 heterocycles. The number of aryl methyl sites for hydroxylation is 2. The van der Waals surface area contributed by atoms with Crippen LogP contribution in [-0.2, 0) is 6.42 Å². The second kappa shape index (κ2) is 6.59. The zero-order chi connectivity index (χ0) is 10.4. The van der Waals surface area contributed by atoms with Crippen molar-refractivity contribution in [3.8, 4) is 0 Å². The molecule has 0 spiro atoms. The Balaban J connectivity index is 2.21. The van der Waals surface area contributed by atoms with Crippen molar-refractivity contribution in [2.75, 3.05) is 13.6 Å². The van der Waals surface area contributed by atoms with Gasteiger partial charge in [-0.1, -0.05) is 6.42 Å². The molecule has 0 unspecified atom stereocenters. The average molecular weight is 276 g/mol. The van der Waals surface area contributed by atoms with Gasteiger partial charge in [0.25, 0.3) is 0 Å². The largest absolute Gasteiger partial charge is 0.320 e. The Morgan fingerprint density at radius 1 is 1.36 bits per heavy atom. The van der Waals surface area contributed by atoms with E-state index in [0.29, 0.717) is 0 Å². The van der Waals surface area contributed by atoms with Gasteiger partial charge in [-0.15, -0.1) is 11.3 Å². The highest BCUT2D eigenvalue weighted by Crippen LogP contribution is 2.28. The van der Waals surface area contributed by atoms with Crippen molar-refractivity contribution in [3.05, 3.63) is 20.3 Å². The van der Waals surface area contributed by atoms with Crippen LogP contribution in [0, 0.1) is 6.92 Å². The van der Waals surface area contributed by atoms with Crippen molar-refractivity contribution in [2.24, 2.45) is 0 Å². The van der Waals surface area contributed by atoms with Crippen LogP contribution in [0.5, 0.6) is 0 Å². The van der Waals surface area contributed by atoms with E-state index in [1.807, 2.05) is 18.4 Å². The van der Waals surface area contributed by atoms with Gasteiger partial charge in [0.1, 0.15) is 0 Å². The molecule has 1 N–H and O–H groups in total. The quantitative estimate of drug-likeness (QED) is 0.780. The summed E-state index contributed by atoms with van der Waals surface area (Å²) in [6.45, 7) is 3.31. The maximum Gasteiger partial charge on any atom is 0.0317 e. The minimum absolute atomic E-state index is 1.14. The first-order valence-electron chi connectivity index (χ1n) is 5.13. The third kappa shape index (κ3) is 4.11. The van der Waals surface area contributed by atoms with Crippen LogP contribution in [0.3, 0.4) is 0 Å². The van der Waals surface area contributed by atoms with Crippen molar-refractivity contribution < 1.29 is 0 Å². The lowest BCUT2D eigenvalue weighted by molar-refractivity contribution is 0.644. The van der Waals surface area contributed by atoms with Crippen molar-refractivity contribution >= 4 is 27.3 Å². The Labute approximate surface area is 99.0 Å². The second-order valence-corrected chi connectivity index (χ2v) is 5.74. The highest BCUT2D eigenvalue weighted by molar-refractivity contribution is 9.10. The van der Waals surface area contributed by atoms with Gasteiger partial charge in [0.15, 0.2) is 0 Å². The normalized spacial score (nSPS) is 10.8. The molecule has 80 valence electrons. The number of thiophene rings is 1. The lowest BCUT2D eigenvalue weighted by Gasteiger charge is -1.99. The molecule has 0 bridgehead atoms. The predicted octanol–water partition coefficient (Wildman–Crippen LogP) is 3.75. The van der Waals surface area contributed by atoms with Crippen molar-refractivity contribution in [3.63, 3.8) is 0 Å². The Kier molecular flexibility index (Phi) is 5.75. The molecule has 1 aromatic heterocycles. The van der Waals surface area contributed by atoms with Gasteiger partial charge in [0, 0.05) is 14.2 Å². The van der Waals surface area contributed by atoms with E-state index < -0.39 is 0 Å². The third-order valence-electron chi connectivity index (χ3n) is 2.21. The van der Waals surface area contributed by atoms with Gasteiger partial charge in [0.05, 0.1) is 0 Å². The van der Waals surface area contributed by atoms with E-state index in [9.17, 15) is 0 Å². The maximum absolute atomic E-state index is 3.60. The minimum Gasteiger partial charge on any atom is -0.320 e. The van der Waals surface area contributed by atoms with Crippen LogP contribution in [0.15, 0.2) is 10.5 Å². The van der Waals surface area contributed by atoms with Crippen LogP contribution in [0.25, 0.3) is 0 Å². The Morgan fingerprint density at radius 3 is 2.71 bits per heavy atom.